The van der Waals surface area contributed by atoms with E-state index in [4.69, 9.17) is 5.73 Å². The number of aromatic amines is 1. The Morgan fingerprint density at radius 2 is 2.25 bits per heavy atom. The quantitative estimate of drug-likeness (QED) is 0.418. The summed E-state index contributed by atoms with van der Waals surface area (Å²) < 4.78 is 13.1. The first-order valence-corrected chi connectivity index (χ1v) is 6.50. The van der Waals surface area contributed by atoms with Crippen molar-refractivity contribution in [1.82, 2.24) is 10.3 Å². The van der Waals surface area contributed by atoms with Crippen LogP contribution in [0, 0.1) is 5.82 Å². The van der Waals surface area contributed by atoms with Gasteiger partial charge in [-0.15, -0.1) is 24.0 Å². The molecule has 2 rings (SSSR count). The van der Waals surface area contributed by atoms with Crippen LogP contribution in [0.4, 0.5) is 4.39 Å². The average Bonchev–Trinajstić information content (AvgIpc) is 2.79. The Kier molecular flexibility index (Phi) is 6.77. The van der Waals surface area contributed by atoms with Crippen molar-refractivity contribution in [3.8, 4) is 0 Å². The molecule has 0 spiro atoms. The Bertz CT molecular complexity index is 580. The van der Waals surface area contributed by atoms with Crippen molar-refractivity contribution in [2.45, 2.75) is 19.8 Å². The van der Waals surface area contributed by atoms with E-state index in [1.54, 1.807) is 6.07 Å². The molecular formula is C14H20FIN4. The first-order valence-electron chi connectivity index (χ1n) is 6.50. The Morgan fingerprint density at radius 1 is 1.45 bits per heavy atom. The second-order valence-corrected chi connectivity index (χ2v) is 4.45. The molecule has 0 saturated carbocycles. The Hall–Kier alpha value is -1.31. The van der Waals surface area contributed by atoms with Crippen molar-refractivity contribution in [3.05, 3.63) is 35.8 Å². The third kappa shape index (κ3) is 4.36. The molecule has 1 heterocycles. The number of H-pyrrole nitrogens is 1. The molecule has 0 aliphatic carbocycles. The first-order chi connectivity index (χ1) is 9.20. The van der Waals surface area contributed by atoms with Crippen LogP contribution in [0.2, 0.25) is 0 Å². The second-order valence-electron chi connectivity index (χ2n) is 4.45. The monoisotopic (exact) mass is 390 g/mol. The van der Waals surface area contributed by atoms with Gasteiger partial charge in [-0.3, -0.25) is 4.99 Å². The molecule has 0 bridgehead atoms. The smallest absolute Gasteiger partial charge is 0.188 e. The summed E-state index contributed by atoms with van der Waals surface area (Å²) in [6, 6.07) is 4.78. The van der Waals surface area contributed by atoms with Crippen LogP contribution in [0.1, 0.15) is 18.9 Å². The maximum Gasteiger partial charge on any atom is 0.188 e. The van der Waals surface area contributed by atoms with Gasteiger partial charge in [-0.05, 0) is 36.6 Å². The van der Waals surface area contributed by atoms with Crippen LogP contribution in [0.15, 0.2) is 29.4 Å². The summed E-state index contributed by atoms with van der Waals surface area (Å²) in [7, 11) is 0. The lowest BCUT2D eigenvalue weighted by molar-refractivity contribution is 0.629. The minimum Gasteiger partial charge on any atom is -0.370 e. The van der Waals surface area contributed by atoms with Crippen molar-refractivity contribution in [1.29, 1.82) is 0 Å². The molecule has 0 amide bonds. The molecule has 1 aromatic carbocycles. The zero-order chi connectivity index (χ0) is 13.7. The fourth-order valence-corrected chi connectivity index (χ4v) is 1.98. The highest BCUT2D eigenvalue weighted by molar-refractivity contribution is 14.0. The van der Waals surface area contributed by atoms with Crippen LogP contribution in [0.3, 0.4) is 0 Å². The molecule has 0 saturated heterocycles. The topological polar surface area (TPSA) is 66.2 Å². The van der Waals surface area contributed by atoms with Gasteiger partial charge in [-0.2, -0.15) is 0 Å². The predicted octanol–water partition coefficient (Wildman–Crippen LogP) is 2.78. The van der Waals surface area contributed by atoms with Gasteiger partial charge in [0.1, 0.15) is 5.82 Å². The summed E-state index contributed by atoms with van der Waals surface area (Å²) in [6.07, 6.45) is 3.70. The van der Waals surface area contributed by atoms with Crippen LogP contribution >= 0.6 is 24.0 Å². The minimum atomic E-state index is -0.227. The first kappa shape index (κ1) is 16.7. The Balaban J connectivity index is 0.00000200. The van der Waals surface area contributed by atoms with Crippen LogP contribution in [-0.2, 0) is 6.42 Å². The molecule has 6 heteroatoms. The summed E-state index contributed by atoms with van der Waals surface area (Å²) in [5.74, 6) is 0.253. The van der Waals surface area contributed by atoms with E-state index in [1.807, 2.05) is 6.20 Å². The highest BCUT2D eigenvalue weighted by atomic mass is 127. The van der Waals surface area contributed by atoms with Crippen molar-refractivity contribution in [3.63, 3.8) is 0 Å². The maximum atomic E-state index is 13.1. The van der Waals surface area contributed by atoms with Gasteiger partial charge in [-0.1, -0.05) is 6.92 Å². The van der Waals surface area contributed by atoms with E-state index in [9.17, 15) is 4.39 Å². The number of aliphatic imine (C=N–C) groups is 1. The lowest BCUT2D eigenvalue weighted by atomic mass is 10.1. The molecule has 0 atom stereocenters. The van der Waals surface area contributed by atoms with Crippen molar-refractivity contribution >= 4 is 40.8 Å². The van der Waals surface area contributed by atoms with Gasteiger partial charge in [0.05, 0.1) is 0 Å². The third-order valence-corrected chi connectivity index (χ3v) is 2.94. The molecule has 4 N–H and O–H groups in total. The zero-order valence-electron chi connectivity index (χ0n) is 11.4. The van der Waals surface area contributed by atoms with Gasteiger partial charge in [0, 0.05) is 30.2 Å². The number of hydrogen-bond donors (Lipinski definition) is 3. The van der Waals surface area contributed by atoms with Gasteiger partial charge in [-0.25, -0.2) is 4.39 Å². The summed E-state index contributed by atoms with van der Waals surface area (Å²) >= 11 is 0. The second kappa shape index (κ2) is 8.08. The SMILES string of the molecule is CCCN=C(N)NCCc1c[nH]c2cc(F)ccc12.I. The number of fused-ring (bicyclic) bond motifs is 1. The molecule has 0 radical (unpaired) electrons. The summed E-state index contributed by atoms with van der Waals surface area (Å²) in [4.78, 5) is 7.23. The fourth-order valence-electron chi connectivity index (χ4n) is 1.98. The Morgan fingerprint density at radius 3 is 3.00 bits per heavy atom. The molecule has 2 aromatic rings. The van der Waals surface area contributed by atoms with Gasteiger partial charge >= 0.3 is 0 Å². The van der Waals surface area contributed by atoms with E-state index in [2.05, 4.69) is 22.2 Å². The third-order valence-electron chi connectivity index (χ3n) is 2.94. The standard InChI is InChI=1S/C14H19FN4.HI/c1-2-6-17-14(16)18-7-5-10-9-19-13-8-11(15)3-4-12(10)13;/h3-4,8-9,19H,2,5-7H2,1H3,(H3,16,17,18);1H. The summed E-state index contributed by atoms with van der Waals surface area (Å²) in [5, 5.41) is 4.12. The van der Waals surface area contributed by atoms with Crippen molar-refractivity contribution in [2.75, 3.05) is 13.1 Å². The number of halogens is 2. The highest BCUT2D eigenvalue weighted by Gasteiger charge is 2.04. The summed E-state index contributed by atoms with van der Waals surface area (Å²) in [5.41, 5.74) is 7.68. The number of guanidine groups is 1. The number of nitrogens with one attached hydrogen (secondary N) is 2. The van der Waals surface area contributed by atoms with Crippen LogP contribution in [-0.4, -0.2) is 24.0 Å². The van der Waals surface area contributed by atoms with Crippen molar-refractivity contribution in [2.24, 2.45) is 10.7 Å². The average molecular weight is 390 g/mol. The van der Waals surface area contributed by atoms with Crippen LogP contribution in [0.25, 0.3) is 10.9 Å². The number of hydrogen-bond acceptors (Lipinski definition) is 1. The lowest BCUT2D eigenvalue weighted by Crippen LogP contribution is -2.33. The molecular weight excluding hydrogens is 370 g/mol. The fraction of sp³-hybridized carbons (Fsp3) is 0.357. The van der Waals surface area contributed by atoms with Crippen LogP contribution in [0.5, 0.6) is 0 Å². The molecule has 1 aromatic heterocycles. The zero-order valence-corrected chi connectivity index (χ0v) is 13.8. The number of nitrogens with two attached hydrogens (primary N) is 1. The predicted molar refractivity (Wildman–Crippen MR) is 92.2 cm³/mol. The van der Waals surface area contributed by atoms with Gasteiger partial charge in [0.25, 0.3) is 0 Å². The number of rotatable bonds is 5. The Labute approximate surface area is 135 Å². The van der Waals surface area contributed by atoms with E-state index in [0.717, 1.165) is 35.9 Å². The van der Waals surface area contributed by atoms with E-state index in [1.165, 1.54) is 12.1 Å². The number of nitrogens with zero attached hydrogens (tertiary/aromatic N) is 1. The van der Waals surface area contributed by atoms with E-state index >= 15 is 0 Å². The van der Waals surface area contributed by atoms with E-state index in [-0.39, 0.29) is 29.8 Å². The minimum absolute atomic E-state index is 0. The van der Waals surface area contributed by atoms with E-state index in [0.29, 0.717) is 12.5 Å². The van der Waals surface area contributed by atoms with Gasteiger partial charge < -0.3 is 16.0 Å². The maximum absolute atomic E-state index is 13.1. The largest absolute Gasteiger partial charge is 0.370 e. The molecule has 0 aliphatic rings. The van der Waals surface area contributed by atoms with Crippen molar-refractivity contribution < 1.29 is 4.39 Å². The number of benzene rings is 1. The normalized spacial score (nSPS) is 11.4. The molecule has 0 fully saturated rings. The lowest BCUT2D eigenvalue weighted by Gasteiger charge is -2.04. The molecule has 0 aliphatic heterocycles. The highest BCUT2D eigenvalue weighted by Crippen LogP contribution is 2.19. The molecule has 4 nitrogen and oxygen atoms in total. The number of aromatic nitrogens is 1. The van der Waals surface area contributed by atoms with Gasteiger partial charge in [0.15, 0.2) is 5.96 Å². The summed E-state index contributed by atoms with van der Waals surface area (Å²) in [6.45, 7) is 3.51. The van der Waals surface area contributed by atoms with E-state index < -0.39 is 0 Å². The molecule has 0 unspecified atom stereocenters. The van der Waals surface area contributed by atoms with Crippen LogP contribution < -0.4 is 11.1 Å². The molecule has 110 valence electrons. The van der Waals surface area contributed by atoms with Gasteiger partial charge in [0.2, 0.25) is 0 Å². The molecule has 20 heavy (non-hydrogen) atoms.